The fourth-order valence-corrected chi connectivity index (χ4v) is 4.03. The van der Waals surface area contributed by atoms with E-state index in [0.717, 1.165) is 40.8 Å². The molecule has 4 heteroatoms. The predicted molar refractivity (Wildman–Crippen MR) is 76.7 cm³/mol. The van der Waals surface area contributed by atoms with Gasteiger partial charge in [0, 0.05) is 20.9 Å². The number of rotatable bonds is 5. The Hall–Kier alpha value is -1.26. The first kappa shape index (κ1) is 13.2. The molecule has 2 rings (SSSR count). The fourth-order valence-electron chi connectivity index (χ4n) is 1.60. The Morgan fingerprint density at radius 3 is 2.50 bits per heavy atom. The maximum Gasteiger partial charge on any atom is 0.151 e. The van der Waals surface area contributed by atoms with Crippen molar-refractivity contribution in [2.24, 2.45) is 0 Å². The van der Waals surface area contributed by atoms with Gasteiger partial charge >= 0.3 is 0 Å². The van der Waals surface area contributed by atoms with Gasteiger partial charge in [-0.2, -0.15) is 0 Å². The van der Waals surface area contributed by atoms with Gasteiger partial charge in [-0.15, -0.1) is 0 Å². The molecule has 1 aromatic carbocycles. The van der Waals surface area contributed by atoms with Gasteiger partial charge < -0.3 is 0 Å². The Morgan fingerprint density at radius 1 is 0.944 bits per heavy atom. The van der Waals surface area contributed by atoms with Crippen molar-refractivity contribution in [2.75, 3.05) is 0 Å². The van der Waals surface area contributed by atoms with Gasteiger partial charge in [-0.1, -0.05) is 51.9 Å². The number of hydrogen-bond acceptors (Lipinski definition) is 4. The van der Waals surface area contributed by atoms with E-state index in [1.54, 1.807) is 6.07 Å². The van der Waals surface area contributed by atoms with E-state index in [2.05, 4.69) is 6.08 Å². The molecule has 18 heavy (non-hydrogen) atoms. The lowest BCUT2D eigenvalue weighted by Gasteiger charge is -2.11. The molecule has 0 radical (unpaired) electrons. The molecule has 0 N–H and O–H groups in total. The van der Waals surface area contributed by atoms with Crippen molar-refractivity contribution >= 4 is 34.2 Å². The smallest absolute Gasteiger partial charge is 0.151 e. The first-order valence-electron chi connectivity index (χ1n) is 5.59. The second-order valence-corrected chi connectivity index (χ2v) is 5.96. The summed E-state index contributed by atoms with van der Waals surface area (Å²) in [5, 5.41) is 0. The Bertz CT molecular complexity index is 518. The second kappa shape index (κ2) is 6.61. The van der Waals surface area contributed by atoms with Crippen molar-refractivity contribution in [3.63, 3.8) is 0 Å². The number of carbonyl (C=O) groups excluding carboxylic acids is 2. The van der Waals surface area contributed by atoms with Gasteiger partial charge in [-0.05, 0) is 18.9 Å². The second-order valence-electron chi connectivity index (χ2n) is 3.75. The first-order chi connectivity index (χ1) is 8.85. The summed E-state index contributed by atoms with van der Waals surface area (Å²) in [6.45, 7) is 0. The fraction of sp³-hybridized carbons (Fsp3) is 0.143. The van der Waals surface area contributed by atoms with Crippen LogP contribution in [0.25, 0.3) is 0 Å². The minimum atomic E-state index is 0.683. The van der Waals surface area contributed by atoms with E-state index in [0.29, 0.717) is 5.56 Å². The van der Waals surface area contributed by atoms with Crippen LogP contribution in [0.4, 0.5) is 0 Å². The number of benzene rings is 1. The molecular weight excluding hydrogens is 264 g/mol. The molecule has 0 aromatic heterocycles. The summed E-state index contributed by atoms with van der Waals surface area (Å²) in [7, 11) is 3.05. The Kier molecular flexibility index (Phi) is 4.84. The molecule has 0 saturated heterocycles. The van der Waals surface area contributed by atoms with Crippen LogP contribution in [0.3, 0.4) is 0 Å². The lowest BCUT2D eigenvalue weighted by Crippen LogP contribution is -1.92. The maximum atomic E-state index is 10.9. The van der Waals surface area contributed by atoms with Gasteiger partial charge in [-0.3, -0.25) is 9.59 Å². The third-order valence-corrected chi connectivity index (χ3v) is 5.08. The standard InChI is InChI=1S/C14H12O2S2/c15-9-11-5-1-3-7-13(11)17-18-14-8-4-2-6-12(14)10-16/h1,3,5-10H,2,4H2. The molecule has 1 aromatic rings. The molecule has 0 unspecified atom stereocenters. The van der Waals surface area contributed by atoms with Gasteiger partial charge in [0.25, 0.3) is 0 Å². The van der Waals surface area contributed by atoms with Crippen LogP contribution < -0.4 is 0 Å². The van der Waals surface area contributed by atoms with E-state index in [-0.39, 0.29) is 0 Å². The van der Waals surface area contributed by atoms with E-state index in [9.17, 15) is 9.59 Å². The maximum absolute atomic E-state index is 10.9. The largest absolute Gasteiger partial charge is 0.298 e. The first-order valence-corrected chi connectivity index (χ1v) is 7.74. The summed E-state index contributed by atoms with van der Waals surface area (Å²) < 4.78 is 0. The van der Waals surface area contributed by atoms with Crippen molar-refractivity contribution in [3.8, 4) is 0 Å². The zero-order chi connectivity index (χ0) is 12.8. The van der Waals surface area contributed by atoms with Gasteiger partial charge in [0.15, 0.2) is 12.6 Å². The van der Waals surface area contributed by atoms with Gasteiger partial charge in [0.1, 0.15) is 0 Å². The highest BCUT2D eigenvalue weighted by Gasteiger charge is 2.10. The zero-order valence-corrected chi connectivity index (χ0v) is 11.3. The molecule has 92 valence electrons. The summed E-state index contributed by atoms with van der Waals surface area (Å²) in [4.78, 5) is 23.7. The third-order valence-electron chi connectivity index (χ3n) is 2.54. The Labute approximate surface area is 114 Å². The third kappa shape index (κ3) is 3.15. The number of aldehydes is 2. The normalized spacial score (nSPS) is 14.7. The molecule has 0 heterocycles. The molecule has 0 fully saturated rings. The Balaban J connectivity index is 2.07. The van der Waals surface area contributed by atoms with Crippen molar-refractivity contribution in [1.29, 1.82) is 0 Å². The van der Waals surface area contributed by atoms with Crippen LogP contribution in [-0.2, 0) is 4.79 Å². The molecule has 0 aliphatic heterocycles. The highest BCUT2D eigenvalue weighted by atomic mass is 33.1. The van der Waals surface area contributed by atoms with Crippen LogP contribution in [0, 0.1) is 0 Å². The minimum absolute atomic E-state index is 0.683. The molecule has 2 nitrogen and oxygen atoms in total. The van der Waals surface area contributed by atoms with E-state index in [1.807, 2.05) is 24.3 Å². The highest BCUT2D eigenvalue weighted by Crippen LogP contribution is 2.41. The highest BCUT2D eigenvalue weighted by molar-refractivity contribution is 8.78. The summed E-state index contributed by atoms with van der Waals surface area (Å²) in [5.41, 5.74) is 1.44. The molecule has 0 saturated carbocycles. The topological polar surface area (TPSA) is 34.1 Å². The van der Waals surface area contributed by atoms with Crippen molar-refractivity contribution in [1.82, 2.24) is 0 Å². The van der Waals surface area contributed by atoms with Crippen LogP contribution >= 0.6 is 21.6 Å². The molecule has 0 bridgehead atoms. The molecule has 0 amide bonds. The molecule has 0 atom stereocenters. The summed E-state index contributed by atoms with van der Waals surface area (Å²) >= 11 is 0. The van der Waals surface area contributed by atoms with E-state index >= 15 is 0 Å². The molecule has 1 aliphatic rings. The molecule has 0 spiro atoms. The predicted octanol–water partition coefficient (Wildman–Crippen LogP) is 4.04. The number of carbonyl (C=O) groups is 2. The van der Waals surface area contributed by atoms with Crippen molar-refractivity contribution < 1.29 is 9.59 Å². The van der Waals surface area contributed by atoms with Crippen LogP contribution in [0.2, 0.25) is 0 Å². The molecule has 1 aliphatic carbocycles. The van der Waals surface area contributed by atoms with Gasteiger partial charge in [0.2, 0.25) is 0 Å². The number of allylic oxidation sites excluding steroid dienone is 3. The average Bonchev–Trinajstić information content (AvgIpc) is 2.45. The van der Waals surface area contributed by atoms with E-state index in [4.69, 9.17) is 0 Å². The quantitative estimate of drug-likeness (QED) is 0.600. The summed E-state index contributed by atoms with van der Waals surface area (Å²) in [6.07, 6.45) is 7.68. The van der Waals surface area contributed by atoms with Crippen LogP contribution in [0.15, 0.2) is 51.8 Å². The summed E-state index contributed by atoms with van der Waals surface area (Å²) in [6, 6.07) is 7.45. The average molecular weight is 276 g/mol. The van der Waals surface area contributed by atoms with Crippen molar-refractivity contribution in [3.05, 3.63) is 52.5 Å². The zero-order valence-electron chi connectivity index (χ0n) is 9.67. The van der Waals surface area contributed by atoms with Gasteiger partial charge in [0.05, 0.1) is 0 Å². The van der Waals surface area contributed by atoms with E-state index in [1.165, 1.54) is 21.6 Å². The van der Waals surface area contributed by atoms with Crippen LogP contribution in [-0.4, -0.2) is 12.6 Å². The lowest BCUT2D eigenvalue weighted by atomic mass is 10.1. The molecular formula is C14H12O2S2. The van der Waals surface area contributed by atoms with Crippen LogP contribution in [0.5, 0.6) is 0 Å². The SMILES string of the molecule is O=CC1=CCCC=C1SSc1ccccc1C=O. The van der Waals surface area contributed by atoms with Gasteiger partial charge in [-0.25, -0.2) is 0 Å². The summed E-state index contributed by atoms with van der Waals surface area (Å²) in [5.74, 6) is 0. The monoisotopic (exact) mass is 276 g/mol. The van der Waals surface area contributed by atoms with E-state index < -0.39 is 0 Å². The van der Waals surface area contributed by atoms with Crippen LogP contribution in [0.1, 0.15) is 23.2 Å². The lowest BCUT2D eigenvalue weighted by molar-refractivity contribution is -0.104. The Morgan fingerprint density at radius 2 is 1.72 bits per heavy atom. The minimum Gasteiger partial charge on any atom is -0.298 e. The number of hydrogen-bond donors (Lipinski definition) is 0. The van der Waals surface area contributed by atoms with Crippen molar-refractivity contribution in [2.45, 2.75) is 17.7 Å².